The van der Waals surface area contributed by atoms with Crippen LogP contribution in [0.2, 0.25) is 0 Å². The smallest absolute Gasteiger partial charge is 0.255 e. The Kier molecular flexibility index (Phi) is 5.63. The Morgan fingerprint density at radius 2 is 1.50 bits per heavy atom. The van der Waals surface area contributed by atoms with E-state index < -0.39 is 0 Å². The summed E-state index contributed by atoms with van der Waals surface area (Å²) in [5.41, 5.74) is 1.12. The highest BCUT2D eigenvalue weighted by Crippen LogP contribution is 2.34. The van der Waals surface area contributed by atoms with Gasteiger partial charge in [-0.15, -0.1) is 0 Å². The summed E-state index contributed by atoms with van der Waals surface area (Å²) in [4.78, 5) is 12.6. The normalized spacial score (nSPS) is 11.5. The second kappa shape index (κ2) is 7.68. The predicted molar refractivity (Wildman–Crippen MR) is 88.4 cm³/mol. The van der Waals surface area contributed by atoms with E-state index in [1.54, 1.807) is 24.3 Å². The lowest BCUT2D eigenvalue weighted by Crippen LogP contribution is -2.27. The van der Waals surface area contributed by atoms with Crippen LogP contribution in [0.15, 0.2) is 36.4 Å². The molecular formula is C18H20FNO4. The van der Waals surface area contributed by atoms with Crippen LogP contribution in [0.25, 0.3) is 0 Å². The van der Waals surface area contributed by atoms with E-state index in [0.717, 1.165) is 5.56 Å². The SMILES string of the molecule is COc1cc(OC)c(C(=O)N[C@H](C)c2ccc(F)cc2)cc1OC. The van der Waals surface area contributed by atoms with E-state index in [0.29, 0.717) is 22.8 Å². The number of halogens is 1. The molecule has 0 fully saturated rings. The van der Waals surface area contributed by atoms with Gasteiger partial charge in [0.1, 0.15) is 11.6 Å². The van der Waals surface area contributed by atoms with Crippen molar-refractivity contribution in [2.24, 2.45) is 0 Å². The largest absolute Gasteiger partial charge is 0.496 e. The van der Waals surface area contributed by atoms with Crippen molar-refractivity contribution in [2.75, 3.05) is 21.3 Å². The highest BCUT2D eigenvalue weighted by atomic mass is 19.1. The maximum atomic E-state index is 13.0. The molecule has 0 aliphatic carbocycles. The van der Waals surface area contributed by atoms with E-state index >= 15 is 0 Å². The van der Waals surface area contributed by atoms with Gasteiger partial charge in [0.05, 0.1) is 32.9 Å². The third-order valence-electron chi connectivity index (χ3n) is 3.67. The molecule has 5 nitrogen and oxygen atoms in total. The number of benzene rings is 2. The Labute approximate surface area is 140 Å². The molecule has 0 spiro atoms. The van der Waals surface area contributed by atoms with Crippen LogP contribution in [0.1, 0.15) is 28.9 Å². The Morgan fingerprint density at radius 1 is 0.958 bits per heavy atom. The summed E-state index contributed by atoms with van der Waals surface area (Å²) < 4.78 is 28.7. The van der Waals surface area contributed by atoms with Gasteiger partial charge >= 0.3 is 0 Å². The van der Waals surface area contributed by atoms with Crippen molar-refractivity contribution in [1.29, 1.82) is 0 Å². The summed E-state index contributed by atoms with van der Waals surface area (Å²) in [6.07, 6.45) is 0. The number of nitrogens with one attached hydrogen (secondary N) is 1. The summed E-state index contributed by atoms with van der Waals surface area (Å²) in [5.74, 6) is 0.621. The lowest BCUT2D eigenvalue weighted by molar-refractivity contribution is 0.0936. The molecule has 24 heavy (non-hydrogen) atoms. The van der Waals surface area contributed by atoms with E-state index in [1.807, 2.05) is 6.92 Å². The molecule has 0 bridgehead atoms. The second-order valence-corrected chi connectivity index (χ2v) is 5.15. The molecule has 0 saturated heterocycles. The predicted octanol–water partition coefficient (Wildman–Crippen LogP) is 3.34. The zero-order valence-corrected chi connectivity index (χ0v) is 14.1. The van der Waals surface area contributed by atoms with Crippen molar-refractivity contribution >= 4 is 5.91 Å². The van der Waals surface area contributed by atoms with Gasteiger partial charge in [-0.2, -0.15) is 0 Å². The van der Waals surface area contributed by atoms with Gasteiger partial charge in [0.25, 0.3) is 5.91 Å². The summed E-state index contributed by atoms with van der Waals surface area (Å²) in [6.45, 7) is 1.82. The van der Waals surface area contributed by atoms with E-state index in [1.165, 1.54) is 33.5 Å². The number of amides is 1. The summed E-state index contributed by atoms with van der Waals surface area (Å²) in [6, 6.07) is 8.83. The van der Waals surface area contributed by atoms with Crippen LogP contribution in [-0.4, -0.2) is 27.2 Å². The molecule has 6 heteroatoms. The highest BCUT2D eigenvalue weighted by Gasteiger charge is 2.19. The van der Waals surface area contributed by atoms with Crippen LogP contribution >= 0.6 is 0 Å². The van der Waals surface area contributed by atoms with Crippen molar-refractivity contribution in [3.8, 4) is 17.2 Å². The Morgan fingerprint density at radius 3 is 2.04 bits per heavy atom. The van der Waals surface area contributed by atoms with Crippen LogP contribution in [0.4, 0.5) is 4.39 Å². The van der Waals surface area contributed by atoms with E-state index in [-0.39, 0.29) is 17.8 Å². The summed E-state index contributed by atoms with van der Waals surface area (Å²) >= 11 is 0. The first kappa shape index (κ1) is 17.6. The minimum absolute atomic E-state index is 0.295. The topological polar surface area (TPSA) is 56.8 Å². The standard InChI is InChI=1S/C18H20FNO4/c1-11(12-5-7-13(19)8-6-12)20-18(21)14-9-16(23-3)17(24-4)10-15(14)22-2/h5-11H,1-4H3,(H,20,21)/t11-/m1/s1. The number of hydrogen-bond acceptors (Lipinski definition) is 4. The molecule has 0 saturated carbocycles. The van der Waals surface area contributed by atoms with Gasteiger partial charge in [-0.1, -0.05) is 12.1 Å². The fourth-order valence-electron chi connectivity index (χ4n) is 2.32. The molecule has 2 aromatic carbocycles. The second-order valence-electron chi connectivity index (χ2n) is 5.15. The van der Waals surface area contributed by atoms with Crippen LogP contribution in [-0.2, 0) is 0 Å². The number of hydrogen-bond donors (Lipinski definition) is 1. The minimum Gasteiger partial charge on any atom is -0.496 e. The van der Waals surface area contributed by atoms with Crippen LogP contribution in [0, 0.1) is 5.82 Å². The van der Waals surface area contributed by atoms with Crippen molar-refractivity contribution in [2.45, 2.75) is 13.0 Å². The minimum atomic E-state index is -0.329. The van der Waals surface area contributed by atoms with Crippen LogP contribution < -0.4 is 19.5 Å². The lowest BCUT2D eigenvalue weighted by atomic mass is 10.1. The van der Waals surface area contributed by atoms with Crippen molar-refractivity contribution in [3.05, 3.63) is 53.3 Å². The summed E-state index contributed by atoms with van der Waals surface area (Å²) in [5, 5.41) is 2.86. The molecule has 0 aliphatic heterocycles. The first-order chi connectivity index (χ1) is 11.5. The monoisotopic (exact) mass is 333 g/mol. The number of carbonyl (C=O) groups excluding carboxylic acids is 1. The zero-order chi connectivity index (χ0) is 17.7. The molecule has 1 atom stereocenters. The molecule has 0 radical (unpaired) electrons. The quantitative estimate of drug-likeness (QED) is 0.881. The van der Waals surface area contributed by atoms with Crippen molar-refractivity contribution in [3.63, 3.8) is 0 Å². The van der Waals surface area contributed by atoms with Gasteiger partial charge in [0, 0.05) is 12.1 Å². The first-order valence-electron chi connectivity index (χ1n) is 7.36. The number of carbonyl (C=O) groups is 1. The molecule has 2 rings (SSSR count). The van der Waals surface area contributed by atoms with Gasteiger partial charge in [0.2, 0.25) is 0 Å². The van der Waals surface area contributed by atoms with E-state index in [4.69, 9.17) is 14.2 Å². The third-order valence-corrected chi connectivity index (χ3v) is 3.67. The van der Waals surface area contributed by atoms with E-state index in [2.05, 4.69) is 5.32 Å². The Hall–Kier alpha value is -2.76. The highest BCUT2D eigenvalue weighted by molar-refractivity contribution is 5.98. The molecule has 0 aliphatic rings. The molecule has 2 aromatic rings. The molecule has 0 heterocycles. The van der Waals surface area contributed by atoms with Crippen molar-refractivity contribution in [1.82, 2.24) is 5.32 Å². The average molecular weight is 333 g/mol. The van der Waals surface area contributed by atoms with Crippen LogP contribution in [0.3, 0.4) is 0 Å². The fraction of sp³-hybridized carbons (Fsp3) is 0.278. The van der Waals surface area contributed by atoms with Crippen molar-refractivity contribution < 1.29 is 23.4 Å². The lowest BCUT2D eigenvalue weighted by Gasteiger charge is -2.17. The Balaban J connectivity index is 2.26. The number of ether oxygens (including phenoxy) is 3. The van der Waals surface area contributed by atoms with E-state index in [9.17, 15) is 9.18 Å². The molecule has 1 N–H and O–H groups in total. The van der Waals surface area contributed by atoms with Gasteiger partial charge in [0.15, 0.2) is 11.5 Å². The molecule has 0 unspecified atom stereocenters. The number of methoxy groups -OCH3 is 3. The molecule has 1 amide bonds. The van der Waals surface area contributed by atoms with Gasteiger partial charge in [-0.3, -0.25) is 4.79 Å². The van der Waals surface area contributed by atoms with Gasteiger partial charge < -0.3 is 19.5 Å². The Bertz CT molecular complexity index is 716. The third kappa shape index (κ3) is 3.76. The fourth-order valence-corrected chi connectivity index (χ4v) is 2.32. The maximum absolute atomic E-state index is 13.0. The molecule has 128 valence electrons. The van der Waals surface area contributed by atoms with Gasteiger partial charge in [-0.05, 0) is 24.6 Å². The maximum Gasteiger partial charge on any atom is 0.255 e. The van der Waals surface area contributed by atoms with Gasteiger partial charge in [-0.25, -0.2) is 4.39 Å². The summed E-state index contributed by atoms with van der Waals surface area (Å²) in [7, 11) is 4.47. The average Bonchev–Trinajstić information content (AvgIpc) is 2.60. The first-order valence-corrected chi connectivity index (χ1v) is 7.36. The zero-order valence-electron chi connectivity index (χ0n) is 14.1. The number of rotatable bonds is 6. The molecular weight excluding hydrogens is 313 g/mol. The van der Waals surface area contributed by atoms with Crippen LogP contribution in [0.5, 0.6) is 17.2 Å². The molecule has 0 aromatic heterocycles.